The molecule has 6 N–H and O–H groups in total. The van der Waals surface area contributed by atoms with Gasteiger partial charge in [0.05, 0.1) is 0 Å². The first-order valence-corrected chi connectivity index (χ1v) is 23.0. The third kappa shape index (κ3) is 40.5. The molecule has 0 aliphatic carbocycles. The van der Waals surface area contributed by atoms with Gasteiger partial charge in [-0.3, -0.25) is 0 Å². The second kappa shape index (κ2) is 44.9. The quantitative estimate of drug-likeness (QED) is 0.0472. The summed E-state index contributed by atoms with van der Waals surface area (Å²) in [5.41, 5.74) is 11.3. The van der Waals surface area contributed by atoms with Crippen LogP contribution < -0.4 is 22.1 Å². The Morgan fingerprint density at radius 2 is 0.540 bits per heavy atom. The zero-order chi connectivity index (χ0) is 36.3. The third-order valence-electron chi connectivity index (χ3n) is 10.6. The van der Waals surface area contributed by atoms with Crippen LogP contribution in [0.4, 0.5) is 0 Å². The Labute approximate surface area is 316 Å². The molecule has 0 aliphatic heterocycles. The molecule has 0 bridgehead atoms. The van der Waals surface area contributed by atoms with Crippen molar-refractivity contribution in [3.05, 3.63) is 0 Å². The lowest BCUT2D eigenvalue weighted by Crippen LogP contribution is -2.34. The maximum atomic E-state index is 5.68. The number of rotatable bonds is 45. The van der Waals surface area contributed by atoms with Gasteiger partial charge in [-0.2, -0.15) is 0 Å². The van der Waals surface area contributed by atoms with Gasteiger partial charge >= 0.3 is 0 Å². The highest BCUT2D eigenvalue weighted by Gasteiger charge is 2.09. The summed E-state index contributed by atoms with van der Waals surface area (Å²) in [7, 11) is 0. The summed E-state index contributed by atoms with van der Waals surface area (Å²) >= 11 is 0. The monoisotopic (exact) mass is 709 g/mol. The Bertz CT molecular complexity index is 563. The van der Waals surface area contributed by atoms with Gasteiger partial charge < -0.3 is 31.9 Å². The van der Waals surface area contributed by atoms with E-state index in [-0.39, 0.29) is 0 Å². The fraction of sp³-hybridized carbons (Fsp3) is 1.00. The molecule has 0 aromatic carbocycles. The van der Waals surface area contributed by atoms with Gasteiger partial charge in [0.1, 0.15) is 0 Å². The smallest absolute Gasteiger partial charge is 0.000654 e. The second-order valence-corrected chi connectivity index (χ2v) is 15.7. The van der Waals surface area contributed by atoms with Crippen LogP contribution in [-0.2, 0) is 0 Å². The van der Waals surface area contributed by atoms with Gasteiger partial charge in [-0.1, -0.05) is 155 Å². The normalized spacial score (nSPS) is 11.9. The molecule has 0 fully saturated rings. The van der Waals surface area contributed by atoms with Gasteiger partial charge in [-0.15, -0.1) is 0 Å². The van der Waals surface area contributed by atoms with Crippen LogP contribution in [-0.4, -0.2) is 88.3 Å². The molecule has 0 aromatic rings. The number of unbranched alkanes of at least 4 members (excludes halogenated alkanes) is 23. The van der Waals surface area contributed by atoms with Crippen molar-refractivity contribution in [2.75, 3.05) is 78.5 Å². The van der Waals surface area contributed by atoms with Gasteiger partial charge in [-0.05, 0) is 130 Å². The van der Waals surface area contributed by atoms with Crippen molar-refractivity contribution in [3.8, 4) is 0 Å². The molecule has 0 rings (SSSR count). The fourth-order valence-electron chi connectivity index (χ4n) is 7.26. The Kier molecular flexibility index (Phi) is 44.7. The molecule has 0 spiro atoms. The number of nitrogens with zero attached hydrogens (tertiary/aromatic N) is 2. The highest BCUT2D eigenvalue weighted by Crippen LogP contribution is 2.14. The molecule has 6 heteroatoms. The lowest BCUT2D eigenvalue weighted by Gasteiger charge is -2.26. The lowest BCUT2D eigenvalue weighted by molar-refractivity contribution is 0.216. The zero-order valence-corrected chi connectivity index (χ0v) is 34.7. The van der Waals surface area contributed by atoms with Crippen molar-refractivity contribution in [2.24, 2.45) is 11.5 Å². The number of hydrogen-bond acceptors (Lipinski definition) is 6. The summed E-state index contributed by atoms with van der Waals surface area (Å²) in [6.07, 6.45) is 41.8. The maximum absolute atomic E-state index is 5.68. The SMILES string of the molecule is CCCCCCCCCCCCCCN(CCCCCCCCCCCCCC)CCCN(CCCCNCCCN)CCCNCCCN. The Morgan fingerprint density at radius 3 is 0.900 bits per heavy atom. The topological polar surface area (TPSA) is 82.6 Å². The summed E-state index contributed by atoms with van der Waals surface area (Å²) in [6, 6.07) is 0. The molecule has 302 valence electrons. The van der Waals surface area contributed by atoms with Gasteiger partial charge in [0, 0.05) is 0 Å². The Morgan fingerprint density at radius 1 is 0.280 bits per heavy atom. The Balaban J connectivity index is 4.51. The molecule has 0 radical (unpaired) electrons. The third-order valence-corrected chi connectivity index (χ3v) is 10.6. The molecule has 0 atom stereocenters. The molecule has 0 heterocycles. The van der Waals surface area contributed by atoms with Crippen molar-refractivity contribution in [1.82, 2.24) is 20.4 Å². The van der Waals surface area contributed by atoms with Crippen LogP contribution in [0.2, 0.25) is 0 Å². The van der Waals surface area contributed by atoms with E-state index in [1.807, 2.05) is 0 Å². The Hall–Kier alpha value is -0.240. The summed E-state index contributed by atoms with van der Waals surface area (Å²) in [5, 5.41) is 7.15. The predicted octanol–water partition coefficient (Wildman–Crippen LogP) is 10.4. The van der Waals surface area contributed by atoms with Crippen LogP contribution in [0.25, 0.3) is 0 Å². The minimum atomic E-state index is 0.785. The average molecular weight is 709 g/mol. The van der Waals surface area contributed by atoms with E-state index in [2.05, 4.69) is 34.3 Å². The molecule has 0 amide bonds. The van der Waals surface area contributed by atoms with E-state index in [9.17, 15) is 0 Å². The summed E-state index contributed by atoms with van der Waals surface area (Å²) in [4.78, 5) is 5.61. The van der Waals surface area contributed by atoms with Crippen molar-refractivity contribution in [2.45, 2.75) is 206 Å². The molecule has 0 aliphatic rings. The van der Waals surface area contributed by atoms with Crippen LogP contribution in [0.1, 0.15) is 206 Å². The molecular weight excluding hydrogens is 613 g/mol. The first-order valence-electron chi connectivity index (χ1n) is 23.0. The highest BCUT2D eigenvalue weighted by atomic mass is 15.1. The van der Waals surface area contributed by atoms with Gasteiger partial charge in [0.25, 0.3) is 0 Å². The first-order chi connectivity index (χ1) is 24.8. The molecule has 0 saturated heterocycles. The van der Waals surface area contributed by atoms with E-state index in [4.69, 9.17) is 11.5 Å². The van der Waals surface area contributed by atoms with Crippen LogP contribution in [0, 0.1) is 0 Å². The van der Waals surface area contributed by atoms with Gasteiger partial charge in [-0.25, -0.2) is 0 Å². The molecule has 0 aromatic heterocycles. The van der Waals surface area contributed by atoms with E-state index in [1.54, 1.807) is 0 Å². The van der Waals surface area contributed by atoms with E-state index in [1.165, 1.54) is 219 Å². The van der Waals surface area contributed by atoms with E-state index in [0.29, 0.717) is 0 Å². The summed E-state index contributed by atoms with van der Waals surface area (Å²) in [6.45, 7) is 18.2. The molecule has 50 heavy (non-hydrogen) atoms. The van der Waals surface area contributed by atoms with Crippen molar-refractivity contribution in [1.29, 1.82) is 0 Å². The van der Waals surface area contributed by atoms with Gasteiger partial charge in [0.2, 0.25) is 0 Å². The first kappa shape index (κ1) is 49.8. The minimum absolute atomic E-state index is 0.785. The van der Waals surface area contributed by atoms with Crippen LogP contribution in [0.15, 0.2) is 0 Å². The summed E-state index contributed by atoms with van der Waals surface area (Å²) in [5.74, 6) is 0. The summed E-state index contributed by atoms with van der Waals surface area (Å²) < 4.78 is 0. The van der Waals surface area contributed by atoms with Crippen LogP contribution in [0.3, 0.4) is 0 Å². The van der Waals surface area contributed by atoms with Crippen molar-refractivity contribution >= 4 is 0 Å². The predicted molar refractivity (Wildman–Crippen MR) is 227 cm³/mol. The van der Waals surface area contributed by atoms with Crippen molar-refractivity contribution < 1.29 is 0 Å². The molecule has 6 nitrogen and oxygen atoms in total. The minimum Gasteiger partial charge on any atom is -0.330 e. The van der Waals surface area contributed by atoms with E-state index >= 15 is 0 Å². The average Bonchev–Trinajstić information content (AvgIpc) is 3.12. The lowest BCUT2D eigenvalue weighted by atomic mass is 10.0. The second-order valence-electron chi connectivity index (χ2n) is 15.7. The number of nitrogens with two attached hydrogens (primary N) is 2. The van der Waals surface area contributed by atoms with E-state index in [0.717, 1.165) is 52.1 Å². The van der Waals surface area contributed by atoms with Crippen LogP contribution in [0.5, 0.6) is 0 Å². The molecule has 0 saturated carbocycles. The standard InChI is InChI=1S/C44H96N6/c1-3-5-7-9-11-13-15-17-19-21-23-26-39-49(40-27-24-22-20-18-16-14-12-10-8-6-4-2)43-32-44-50(42-31-38-48-37-30-34-46)41-28-25-35-47-36-29-33-45/h47-48H,3-46H2,1-2H3. The zero-order valence-electron chi connectivity index (χ0n) is 34.7. The van der Waals surface area contributed by atoms with Gasteiger partial charge in [0.15, 0.2) is 0 Å². The number of hydrogen-bond donors (Lipinski definition) is 4. The van der Waals surface area contributed by atoms with E-state index < -0.39 is 0 Å². The largest absolute Gasteiger partial charge is 0.330 e. The number of nitrogens with one attached hydrogen (secondary N) is 2. The maximum Gasteiger partial charge on any atom is -0.000654 e. The fourth-order valence-corrected chi connectivity index (χ4v) is 7.26. The van der Waals surface area contributed by atoms with Crippen molar-refractivity contribution in [3.63, 3.8) is 0 Å². The highest BCUT2D eigenvalue weighted by molar-refractivity contribution is 4.66. The molecule has 0 unspecified atom stereocenters. The van der Waals surface area contributed by atoms with Crippen LogP contribution >= 0.6 is 0 Å². The molecular formula is C44H96N6.